The molecular weight excluding hydrogens is 314 g/mol. The average Bonchev–Trinajstić information content (AvgIpc) is 2.30. The van der Waals surface area contributed by atoms with Crippen molar-refractivity contribution in [3.8, 4) is 0 Å². The molecule has 0 aliphatic rings. The fourth-order valence-electron chi connectivity index (χ4n) is 1.75. The number of hydrogen-bond acceptors (Lipinski definition) is 2. The first kappa shape index (κ1) is 17.3. The van der Waals surface area contributed by atoms with E-state index in [4.69, 9.17) is 23.2 Å². The molecular formula is C13H14Cl2F3NO. The van der Waals surface area contributed by atoms with E-state index >= 15 is 0 Å². The molecule has 0 saturated heterocycles. The third kappa shape index (κ3) is 5.69. The van der Waals surface area contributed by atoms with E-state index in [-0.39, 0.29) is 23.7 Å². The van der Waals surface area contributed by atoms with Crippen molar-refractivity contribution in [1.82, 2.24) is 4.90 Å². The molecule has 0 fully saturated rings. The van der Waals surface area contributed by atoms with Crippen LogP contribution in [0, 0.1) is 0 Å². The summed E-state index contributed by atoms with van der Waals surface area (Å²) in [5.41, 5.74) is 0.252. The predicted octanol–water partition coefficient (Wildman–Crippen LogP) is 4.45. The van der Waals surface area contributed by atoms with Crippen LogP contribution in [0.1, 0.15) is 23.7 Å². The second-order valence-corrected chi connectivity index (χ2v) is 5.19. The van der Waals surface area contributed by atoms with Crippen LogP contribution in [-0.2, 0) is 0 Å². The molecule has 0 unspecified atom stereocenters. The number of halogens is 5. The minimum absolute atomic E-state index is 0.201. The summed E-state index contributed by atoms with van der Waals surface area (Å²) < 4.78 is 37.2. The first-order chi connectivity index (χ1) is 9.23. The van der Waals surface area contributed by atoms with Gasteiger partial charge in [0.2, 0.25) is 0 Å². The Balaban J connectivity index is 2.77. The summed E-state index contributed by atoms with van der Waals surface area (Å²) in [6.07, 6.45) is -3.79. The maximum Gasteiger partial charge on any atom is 0.401 e. The zero-order valence-corrected chi connectivity index (χ0v) is 12.3. The molecule has 20 heavy (non-hydrogen) atoms. The molecule has 0 spiro atoms. The maximum atomic E-state index is 12.4. The Kier molecular flexibility index (Phi) is 6.30. The summed E-state index contributed by atoms with van der Waals surface area (Å²) in [5.74, 6) is -0.415. The highest BCUT2D eigenvalue weighted by molar-refractivity contribution is 6.42. The first-order valence-corrected chi connectivity index (χ1v) is 6.76. The van der Waals surface area contributed by atoms with Crippen molar-refractivity contribution in [3.63, 3.8) is 0 Å². The Hall–Kier alpha value is -0.780. The minimum Gasteiger partial charge on any atom is -0.293 e. The van der Waals surface area contributed by atoms with Gasteiger partial charge in [-0.15, -0.1) is 0 Å². The van der Waals surface area contributed by atoms with E-state index in [1.54, 1.807) is 6.92 Å². The van der Waals surface area contributed by atoms with Crippen molar-refractivity contribution in [2.45, 2.75) is 19.5 Å². The van der Waals surface area contributed by atoms with Crippen LogP contribution in [0.5, 0.6) is 0 Å². The van der Waals surface area contributed by atoms with Crippen LogP contribution in [0.15, 0.2) is 18.2 Å². The van der Waals surface area contributed by atoms with Crippen LogP contribution in [0.3, 0.4) is 0 Å². The van der Waals surface area contributed by atoms with E-state index in [0.717, 1.165) is 4.90 Å². The first-order valence-electron chi connectivity index (χ1n) is 6.00. The number of nitrogens with zero attached hydrogens (tertiary/aromatic N) is 1. The lowest BCUT2D eigenvalue weighted by Gasteiger charge is -2.22. The summed E-state index contributed by atoms with van der Waals surface area (Å²) in [4.78, 5) is 13.0. The van der Waals surface area contributed by atoms with Crippen LogP contribution in [-0.4, -0.2) is 36.5 Å². The molecule has 0 N–H and O–H groups in total. The third-order valence-corrected chi connectivity index (χ3v) is 3.29. The lowest BCUT2D eigenvalue weighted by atomic mass is 10.1. The van der Waals surface area contributed by atoms with Crippen molar-refractivity contribution in [2.24, 2.45) is 0 Å². The van der Waals surface area contributed by atoms with Gasteiger partial charge in [-0.2, -0.15) is 13.2 Å². The summed E-state index contributed by atoms with van der Waals surface area (Å²) >= 11 is 11.5. The van der Waals surface area contributed by atoms with Crippen LogP contribution in [0.2, 0.25) is 10.0 Å². The molecule has 0 aliphatic carbocycles. The Morgan fingerprint density at radius 2 is 1.90 bits per heavy atom. The molecule has 0 radical (unpaired) electrons. The van der Waals surface area contributed by atoms with Crippen molar-refractivity contribution < 1.29 is 18.0 Å². The third-order valence-electron chi connectivity index (χ3n) is 2.55. The summed E-state index contributed by atoms with van der Waals surface area (Å²) in [5, 5.41) is 0.499. The van der Waals surface area contributed by atoms with Gasteiger partial charge in [0.1, 0.15) is 0 Å². The molecule has 7 heteroatoms. The monoisotopic (exact) mass is 327 g/mol. The molecule has 0 bridgehead atoms. The summed E-state index contributed by atoms with van der Waals surface area (Å²) in [6.45, 7) is 0.554. The van der Waals surface area contributed by atoms with Gasteiger partial charge in [-0.25, -0.2) is 0 Å². The van der Waals surface area contributed by atoms with E-state index in [9.17, 15) is 18.0 Å². The van der Waals surface area contributed by atoms with Crippen molar-refractivity contribution in [2.75, 3.05) is 19.6 Å². The molecule has 0 aliphatic heterocycles. The van der Waals surface area contributed by atoms with E-state index in [1.807, 2.05) is 0 Å². The zero-order valence-electron chi connectivity index (χ0n) is 10.8. The van der Waals surface area contributed by atoms with Gasteiger partial charge in [0.05, 0.1) is 23.1 Å². The Morgan fingerprint density at radius 1 is 1.25 bits per heavy atom. The maximum absolute atomic E-state index is 12.4. The molecule has 0 aromatic heterocycles. The number of hydrogen-bond donors (Lipinski definition) is 0. The highest BCUT2D eigenvalue weighted by Crippen LogP contribution is 2.23. The van der Waals surface area contributed by atoms with Gasteiger partial charge in [-0.3, -0.25) is 9.69 Å². The van der Waals surface area contributed by atoms with Crippen LogP contribution >= 0.6 is 23.2 Å². The van der Waals surface area contributed by atoms with Crippen molar-refractivity contribution in [3.05, 3.63) is 33.8 Å². The van der Waals surface area contributed by atoms with Crippen molar-refractivity contribution >= 4 is 29.0 Å². The standard InChI is InChI=1S/C13H14Cl2F3NO/c1-2-5-19(8-13(16,17)18)7-12(20)9-3-4-10(14)11(15)6-9/h3-4,6H,2,5,7-8H2,1H3. The highest BCUT2D eigenvalue weighted by atomic mass is 35.5. The quantitative estimate of drug-likeness (QED) is 0.719. The zero-order chi connectivity index (χ0) is 15.3. The predicted molar refractivity (Wildman–Crippen MR) is 73.6 cm³/mol. The van der Waals surface area contributed by atoms with Gasteiger partial charge in [-0.1, -0.05) is 30.1 Å². The van der Waals surface area contributed by atoms with Gasteiger partial charge in [0.15, 0.2) is 5.78 Å². The molecule has 0 saturated carbocycles. The molecule has 1 aromatic carbocycles. The Labute approximate surface area is 125 Å². The molecule has 112 valence electrons. The van der Waals surface area contributed by atoms with E-state index in [0.29, 0.717) is 11.4 Å². The smallest absolute Gasteiger partial charge is 0.293 e. The van der Waals surface area contributed by atoms with E-state index in [1.165, 1.54) is 18.2 Å². The molecule has 0 amide bonds. The van der Waals surface area contributed by atoms with E-state index in [2.05, 4.69) is 0 Å². The van der Waals surface area contributed by atoms with Crippen LogP contribution in [0.25, 0.3) is 0 Å². The molecule has 0 atom stereocenters. The molecule has 0 heterocycles. The van der Waals surface area contributed by atoms with Crippen LogP contribution < -0.4 is 0 Å². The number of rotatable bonds is 6. The number of ketones is 1. The molecule has 1 aromatic rings. The lowest BCUT2D eigenvalue weighted by Crippen LogP contribution is -2.38. The number of benzene rings is 1. The molecule has 2 nitrogen and oxygen atoms in total. The fourth-order valence-corrected chi connectivity index (χ4v) is 2.05. The fraction of sp³-hybridized carbons (Fsp3) is 0.462. The van der Waals surface area contributed by atoms with Crippen LogP contribution in [0.4, 0.5) is 13.2 Å². The Morgan fingerprint density at radius 3 is 2.40 bits per heavy atom. The number of carbonyl (C=O) groups excluding carboxylic acids is 1. The average molecular weight is 328 g/mol. The second kappa shape index (κ2) is 7.29. The lowest BCUT2D eigenvalue weighted by molar-refractivity contribution is -0.144. The summed E-state index contributed by atoms with van der Waals surface area (Å²) in [6, 6.07) is 4.27. The summed E-state index contributed by atoms with van der Waals surface area (Å²) in [7, 11) is 0. The van der Waals surface area contributed by atoms with Crippen molar-refractivity contribution in [1.29, 1.82) is 0 Å². The van der Waals surface area contributed by atoms with Gasteiger partial charge >= 0.3 is 6.18 Å². The normalized spacial score (nSPS) is 11.9. The largest absolute Gasteiger partial charge is 0.401 e. The topological polar surface area (TPSA) is 20.3 Å². The molecule has 1 rings (SSSR count). The number of Topliss-reactive ketones (excluding diaryl/α,β-unsaturated/α-hetero) is 1. The van der Waals surface area contributed by atoms with Gasteiger partial charge in [0, 0.05) is 5.56 Å². The highest BCUT2D eigenvalue weighted by Gasteiger charge is 2.31. The SMILES string of the molecule is CCCN(CC(=O)c1ccc(Cl)c(Cl)c1)CC(F)(F)F. The van der Waals surface area contributed by atoms with E-state index < -0.39 is 18.5 Å². The van der Waals surface area contributed by atoms with Gasteiger partial charge in [0.25, 0.3) is 0 Å². The number of carbonyl (C=O) groups is 1. The van der Waals surface area contributed by atoms with Gasteiger partial charge < -0.3 is 0 Å². The van der Waals surface area contributed by atoms with Gasteiger partial charge in [-0.05, 0) is 31.2 Å². The minimum atomic E-state index is -4.33. The number of alkyl halides is 3. The second-order valence-electron chi connectivity index (χ2n) is 4.38. The Bertz CT molecular complexity index is 477.